The molecule has 0 spiro atoms. The van der Waals surface area contributed by atoms with E-state index >= 15 is 0 Å². The van der Waals surface area contributed by atoms with Crippen LogP contribution in [0.15, 0.2) is 30.3 Å². The first-order chi connectivity index (χ1) is 15.7. The minimum Gasteiger partial charge on any atom is -0.444 e. The highest BCUT2D eigenvalue weighted by molar-refractivity contribution is 5.85. The molecule has 0 saturated heterocycles. The van der Waals surface area contributed by atoms with Crippen molar-refractivity contribution in [3.8, 4) is 0 Å². The highest BCUT2D eigenvalue weighted by Crippen LogP contribution is 2.46. The van der Waals surface area contributed by atoms with Crippen molar-refractivity contribution in [3.63, 3.8) is 0 Å². The fraction of sp³-hybridized carbons (Fsp3) is 0.615. The lowest BCUT2D eigenvalue weighted by molar-refractivity contribution is -0.144. The van der Waals surface area contributed by atoms with Crippen molar-refractivity contribution in [1.29, 1.82) is 0 Å². The van der Waals surface area contributed by atoms with E-state index in [1.807, 2.05) is 13.8 Å². The molecule has 0 unspecified atom stereocenters. The lowest BCUT2D eigenvalue weighted by Gasteiger charge is -2.39. The normalized spacial score (nSPS) is 23.6. The lowest BCUT2D eigenvalue weighted by atomic mass is 9.74. The Morgan fingerprint density at radius 3 is 2.41 bits per heavy atom. The average Bonchev–Trinajstić information content (AvgIpc) is 3.16. The predicted octanol–water partition coefficient (Wildman–Crippen LogP) is 6.04. The van der Waals surface area contributed by atoms with Gasteiger partial charge in [0, 0.05) is 19.1 Å². The molecule has 1 heterocycles. The first kappa shape index (κ1) is 26.1. The van der Waals surface area contributed by atoms with Crippen molar-refractivity contribution in [1.82, 2.24) is 10.2 Å². The van der Waals surface area contributed by atoms with Crippen molar-refractivity contribution in [2.45, 2.75) is 78.1 Å². The molecule has 1 aliphatic heterocycles. The van der Waals surface area contributed by atoms with E-state index in [2.05, 4.69) is 5.32 Å². The number of halogens is 3. The molecule has 8 heteroatoms. The number of nitrogens with zero attached hydrogens (tertiary/aromatic N) is 1. The van der Waals surface area contributed by atoms with E-state index in [0.717, 1.165) is 6.07 Å². The number of carbonyl (C=O) groups excluding carboxylic acids is 2. The molecule has 0 radical (unpaired) electrons. The van der Waals surface area contributed by atoms with Gasteiger partial charge < -0.3 is 15.0 Å². The molecular weight excluding hydrogens is 445 g/mol. The van der Waals surface area contributed by atoms with Gasteiger partial charge in [-0.2, -0.15) is 13.2 Å². The van der Waals surface area contributed by atoms with Crippen LogP contribution in [0.3, 0.4) is 0 Å². The molecule has 1 aliphatic carbocycles. The van der Waals surface area contributed by atoms with E-state index in [1.54, 1.807) is 37.8 Å². The minimum absolute atomic E-state index is 0.00963. The number of benzene rings is 1. The summed E-state index contributed by atoms with van der Waals surface area (Å²) in [4.78, 5) is 27.6. The second-order valence-corrected chi connectivity index (χ2v) is 10.7. The van der Waals surface area contributed by atoms with Crippen LogP contribution in [-0.4, -0.2) is 41.6 Å². The maximum Gasteiger partial charge on any atom is 0.416 e. The van der Waals surface area contributed by atoms with Gasteiger partial charge in [-0.3, -0.25) is 4.79 Å². The Morgan fingerprint density at radius 1 is 1.18 bits per heavy atom. The van der Waals surface area contributed by atoms with Gasteiger partial charge in [0.25, 0.3) is 0 Å². The fourth-order valence-corrected chi connectivity index (χ4v) is 5.06. The first-order valence-corrected chi connectivity index (χ1v) is 11.9. The van der Waals surface area contributed by atoms with Crippen LogP contribution in [0.25, 0.3) is 5.57 Å². The summed E-state index contributed by atoms with van der Waals surface area (Å²) >= 11 is 0. The number of rotatable bonds is 4. The van der Waals surface area contributed by atoms with Crippen molar-refractivity contribution in [2.24, 2.45) is 11.3 Å². The number of alkyl carbamates (subject to hydrolysis) is 1. The van der Waals surface area contributed by atoms with E-state index in [-0.39, 0.29) is 30.0 Å². The highest BCUT2D eigenvalue weighted by Gasteiger charge is 2.50. The third kappa shape index (κ3) is 5.76. The van der Waals surface area contributed by atoms with Crippen LogP contribution in [0.2, 0.25) is 0 Å². The molecule has 0 bridgehead atoms. The second kappa shape index (κ2) is 9.62. The van der Waals surface area contributed by atoms with Gasteiger partial charge in [-0.15, -0.1) is 0 Å². The van der Waals surface area contributed by atoms with Crippen molar-refractivity contribution in [3.05, 3.63) is 41.5 Å². The zero-order chi connectivity index (χ0) is 25.3. The summed E-state index contributed by atoms with van der Waals surface area (Å²) in [7, 11) is 0. The monoisotopic (exact) mass is 480 g/mol. The largest absolute Gasteiger partial charge is 0.444 e. The van der Waals surface area contributed by atoms with Gasteiger partial charge in [-0.25, -0.2) is 4.79 Å². The molecule has 2 atom stereocenters. The first-order valence-electron chi connectivity index (χ1n) is 11.9. The van der Waals surface area contributed by atoms with Crippen molar-refractivity contribution < 1.29 is 27.5 Å². The molecule has 5 nitrogen and oxygen atoms in total. The summed E-state index contributed by atoms with van der Waals surface area (Å²) in [6, 6.07) is 5.42. The maximum atomic E-state index is 13.7. The third-order valence-electron chi connectivity index (χ3n) is 6.88. The number of hydrogen-bond acceptors (Lipinski definition) is 3. The number of carbonyl (C=O) groups is 2. The van der Waals surface area contributed by atoms with E-state index in [0.29, 0.717) is 37.8 Å². The van der Waals surface area contributed by atoms with Gasteiger partial charge in [-0.1, -0.05) is 38.1 Å². The molecule has 0 aromatic heterocycles. The standard InChI is InChI=1S/C26H35F3N2O3/c1-17(2)25(13-10-19(16-25)30-23(33)34-24(3,4)5)22(32)31-14-11-18(12-15-31)20-8-6-7-9-21(20)26(27,28)29/h6-9,11,17,19H,10,12-16H2,1-5H3,(H,30,33)/t19-,25+/m1/s1. The Morgan fingerprint density at radius 2 is 1.85 bits per heavy atom. The van der Waals surface area contributed by atoms with Crippen LogP contribution in [0.4, 0.5) is 18.0 Å². The molecule has 34 heavy (non-hydrogen) atoms. The topological polar surface area (TPSA) is 58.6 Å². The van der Waals surface area contributed by atoms with Gasteiger partial charge in [0.2, 0.25) is 5.91 Å². The molecule has 3 rings (SSSR count). The number of alkyl halides is 3. The summed E-state index contributed by atoms with van der Waals surface area (Å²) in [5.74, 6) is 0.0668. The van der Waals surface area contributed by atoms with E-state index in [4.69, 9.17) is 4.74 Å². The van der Waals surface area contributed by atoms with Gasteiger partial charge in [-0.05, 0) is 69.6 Å². The molecule has 1 aromatic carbocycles. The number of ether oxygens (including phenoxy) is 1. The molecule has 1 N–H and O–H groups in total. The summed E-state index contributed by atoms with van der Waals surface area (Å²) in [6.45, 7) is 10.1. The van der Waals surface area contributed by atoms with Gasteiger partial charge in [0.15, 0.2) is 0 Å². The quantitative estimate of drug-likeness (QED) is 0.572. The molecule has 1 saturated carbocycles. The summed E-state index contributed by atoms with van der Waals surface area (Å²) < 4.78 is 45.7. The average molecular weight is 481 g/mol. The smallest absolute Gasteiger partial charge is 0.416 e. The molecule has 188 valence electrons. The molecule has 2 aliphatic rings. The summed E-state index contributed by atoms with van der Waals surface area (Å²) in [6.07, 6.45) is -0.958. The zero-order valence-electron chi connectivity index (χ0n) is 20.6. The Kier molecular flexibility index (Phi) is 7.39. The van der Waals surface area contributed by atoms with Crippen LogP contribution in [0, 0.1) is 11.3 Å². The molecule has 1 aromatic rings. The fourth-order valence-electron chi connectivity index (χ4n) is 5.06. The van der Waals surface area contributed by atoms with Gasteiger partial charge >= 0.3 is 12.3 Å². The number of hydrogen-bond donors (Lipinski definition) is 1. The molecular formula is C26H35F3N2O3. The molecule has 2 amide bonds. The summed E-state index contributed by atoms with van der Waals surface area (Å²) in [5.41, 5.74) is -1.06. The van der Waals surface area contributed by atoms with Crippen LogP contribution < -0.4 is 5.32 Å². The SMILES string of the molecule is CC(C)[C@]1(C(=O)N2CC=C(c3ccccc3C(F)(F)F)CC2)CC[C@@H](NC(=O)OC(C)(C)C)C1. The summed E-state index contributed by atoms with van der Waals surface area (Å²) in [5, 5.41) is 2.90. The minimum atomic E-state index is -4.42. The van der Waals surface area contributed by atoms with Crippen molar-refractivity contribution >= 4 is 17.6 Å². The highest BCUT2D eigenvalue weighted by atomic mass is 19.4. The molecule has 1 fully saturated rings. The van der Waals surface area contributed by atoms with Crippen LogP contribution in [0.1, 0.15) is 71.4 Å². The maximum absolute atomic E-state index is 13.7. The van der Waals surface area contributed by atoms with E-state index < -0.39 is 28.8 Å². The van der Waals surface area contributed by atoms with E-state index in [9.17, 15) is 22.8 Å². The second-order valence-electron chi connectivity index (χ2n) is 10.7. The lowest BCUT2D eigenvalue weighted by Crippen LogP contribution is -2.48. The van der Waals surface area contributed by atoms with E-state index in [1.165, 1.54) is 12.1 Å². The van der Waals surface area contributed by atoms with Crippen LogP contribution >= 0.6 is 0 Å². The van der Waals surface area contributed by atoms with Gasteiger partial charge in [0.1, 0.15) is 5.60 Å². The zero-order valence-corrected chi connectivity index (χ0v) is 20.6. The number of amides is 2. The van der Waals surface area contributed by atoms with Crippen molar-refractivity contribution in [2.75, 3.05) is 13.1 Å². The Hall–Kier alpha value is -2.51. The number of nitrogens with one attached hydrogen (secondary N) is 1. The van der Waals surface area contributed by atoms with Crippen LogP contribution in [0.5, 0.6) is 0 Å². The Labute approximate surface area is 199 Å². The predicted molar refractivity (Wildman–Crippen MR) is 125 cm³/mol. The Balaban J connectivity index is 1.72. The van der Waals surface area contributed by atoms with Crippen LogP contribution in [-0.2, 0) is 15.7 Å². The van der Waals surface area contributed by atoms with Gasteiger partial charge in [0.05, 0.1) is 11.0 Å². The third-order valence-corrected chi connectivity index (χ3v) is 6.88. The Bertz CT molecular complexity index is 949.